The first-order chi connectivity index (χ1) is 7.07. The number of rotatable bonds is 3. The maximum absolute atomic E-state index is 13.3. The van der Waals surface area contributed by atoms with Gasteiger partial charge < -0.3 is 4.90 Å². The highest BCUT2D eigenvalue weighted by Gasteiger charge is 2.18. The molecule has 1 atom stereocenters. The van der Waals surface area contributed by atoms with Crippen LogP contribution in [0.2, 0.25) is 0 Å². The van der Waals surface area contributed by atoms with Crippen molar-refractivity contribution in [3.8, 4) is 0 Å². The van der Waals surface area contributed by atoms with Gasteiger partial charge >= 0.3 is 0 Å². The molecule has 82 valence electrons. The summed E-state index contributed by atoms with van der Waals surface area (Å²) in [6, 6.07) is 1.50. The fourth-order valence-corrected chi connectivity index (χ4v) is 1.21. The van der Waals surface area contributed by atoms with Crippen molar-refractivity contribution in [2.24, 2.45) is 0 Å². The first-order valence-corrected chi connectivity index (χ1v) is 4.94. The molecule has 0 aromatic carbocycles. The Morgan fingerprint density at radius 3 is 2.87 bits per heavy atom. The molecule has 0 aliphatic carbocycles. The summed E-state index contributed by atoms with van der Waals surface area (Å²) in [5.41, 5.74) is 0.0767. The second-order valence-electron chi connectivity index (χ2n) is 3.53. The highest BCUT2D eigenvalue weighted by atomic mass is 19.1. The van der Waals surface area contributed by atoms with Crippen LogP contribution in [0.25, 0.3) is 0 Å². The first-order valence-electron chi connectivity index (χ1n) is 4.94. The molecule has 0 bridgehead atoms. The lowest BCUT2D eigenvalue weighted by Gasteiger charge is -2.23. The van der Waals surface area contributed by atoms with E-state index in [0.717, 1.165) is 12.6 Å². The van der Waals surface area contributed by atoms with E-state index in [-0.39, 0.29) is 17.5 Å². The molecule has 0 aliphatic heterocycles. The van der Waals surface area contributed by atoms with Crippen LogP contribution in [-0.4, -0.2) is 28.9 Å². The number of aromatic nitrogens is 1. The van der Waals surface area contributed by atoms with Gasteiger partial charge in [-0.1, -0.05) is 6.92 Å². The minimum Gasteiger partial charge on any atom is -0.339 e. The zero-order valence-electron chi connectivity index (χ0n) is 9.20. The van der Waals surface area contributed by atoms with Gasteiger partial charge in [0, 0.05) is 19.3 Å². The van der Waals surface area contributed by atoms with Crippen LogP contribution >= 0.6 is 0 Å². The Hall–Kier alpha value is -1.45. The normalized spacial score (nSPS) is 12.3. The molecule has 1 aromatic heterocycles. The summed E-state index contributed by atoms with van der Waals surface area (Å²) in [6.45, 7) is 3.91. The second-order valence-corrected chi connectivity index (χ2v) is 3.53. The predicted octanol–water partition coefficient (Wildman–Crippen LogP) is 2.09. The minimum absolute atomic E-state index is 0.0767. The molecule has 1 heterocycles. The quantitative estimate of drug-likeness (QED) is 0.765. The summed E-state index contributed by atoms with van der Waals surface area (Å²) in [5, 5.41) is 0. The number of hydrogen-bond acceptors (Lipinski definition) is 2. The third-order valence-corrected chi connectivity index (χ3v) is 2.58. The fraction of sp³-hybridized carbons (Fsp3) is 0.455. The summed E-state index contributed by atoms with van der Waals surface area (Å²) < 4.78 is 13.3. The topological polar surface area (TPSA) is 33.2 Å². The molecule has 0 spiro atoms. The van der Waals surface area contributed by atoms with Crippen molar-refractivity contribution in [1.82, 2.24) is 9.88 Å². The van der Waals surface area contributed by atoms with Crippen molar-refractivity contribution in [2.45, 2.75) is 26.3 Å². The number of hydrogen-bond donors (Lipinski definition) is 0. The molecule has 1 unspecified atom stereocenters. The number of halogens is 1. The van der Waals surface area contributed by atoms with Gasteiger partial charge in [-0.2, -0.15) is 0 Å². The standard InChI is InChI=1S/C11H15FN2O/c1-4-8(2)14(3)11(15)9-5-6-13-7-10(9)12/h5-8H,4H2,1-3H3. The van der Waals surface area contributed by atoms with Gasteiger partial charge in [0.05, 0.1) is 11.8 Å². The third-order valence-electron chi connectivity index (χ3n) is 2.58. The van der Waals surface area contributed by atoms with Crippen molar-refractivity contribution < 1.29 is 9.18 Å². The van der Waals surface area contributed by atoms with Gasteiger partial charge in [0.25, 0.3) is 5.91 Å². The Kier molecular flexibility index (Phi) is 3.77. The van der Waals surface area contributed by atoms with E-state index in [1.807, 2.05) is 13.8 Å². The van der Waals surface area contributed by atoms with Crippen LogP contribution in [0.1, 0.15) is 30.6 Å². The molecule has 4 heteroatoms. The van der Waals surface area contributed by atoms with Crippen LogP contribution in [0.3, 0.4) is 0 Å². The van der Waals surface area contributed by atoms with E-state index in [4.69, 9.17) is 0 Å². The third kappa shape index (κ3) is 2.52. The smallest absolute Gasteiger partial charge is 0.256 e. The molecule has 0 aliphatic rings. The first kappa shape index (κ1) is 11.6. The van der Waals surface area contributed by atoms with Gasteiger partial charge in [-0.05, 0) is 19.4 Å². The maximum atomic E-state index is 13.3. The number of carbonyl (C=O) groups is 1. The van der Waals surface area contributed by atoms with E-state index in [1.54, 1.807) is 11.9 Å². The van der Waals surface area contributed by atoms with Crippen LogP contribution in [0.5, 0.6) is 0 Å². The summed E-state index contributed by atoms with van der Waals surface area (Å²) in [5.74, 6) is -0.873. The molecule has 15 heavy (non-hydrogen) atoms. The molecular weight excluding hydrogens is 195 g/mol. The summed E-state index contributed by atoms with van der Waals surface area (Å²) >= 11 is 0. The molecular formula is C11H15FN2O. The Bertz CT molecular complexity index is 354. The predicted molar refractivity (Wildman–Crippen MR) is 56.0 cm³/mol. The zero-order valence-corrected chi connectivity index (χ0v) is 9.20. The van der Waals surface area contributed by atoms with Crippen LogP contribution in [0.15, 0.2) is 18.5 Å². The second kappa shape index (κ2) is 4.87. The Labute approximate surface area is 88.9 Å². The van der Waals surface area contributed by atoms with Gasteiger partial charge in [0.1, 0.15) is 0 Å². The number of amides is 1. The van der Waals surface area contributed by atoms with E-state index in [0.29, 0.717) is 0 Å². The largest absolute Gasteiger partial charge is 0.339 e. The number of carbonyl (C=O) groups excluding carboxylic acids is 1. The molecule has 1 amide bonds. The number of nitrogens with zero attached hydrogens (tertiary/aromatic N) is 2. The van der Waals surface area contributed by atoms with Crippen LogP contribution in [0.4, 0.5) is 4.39 Å². The zero-order chi connectivity index (χ0) is 11.4. The lowest BCUT2D eigenvalue weighted by atomic mass is 10.2. The molecule has 0 radical (unpaired) electrons. The summed E-state index contributed by atoms with van der Waals surface area (Å²) in [7, 11) is 1.68. The van der Waals surface area contributed by atoms with E-state index in [9.17, 15) is 9.18 Å². The van der Waals surface area contributed by atoms with Crippen LogP contribution in [0, 0.1) is 5.82 Å². The molecule has 0 saturated heterocycles. The Balaban J connectivity index is 2.90. The molecule has 0 N–H and O–H groups in total. The van der Waals surface area contributed by atoms with Crippen molar-refractivity contribution in [3.63, 3.8) is 0 Å². The number of pyridine rings is 1. The molecule has 1 aromatic rings. The highest BCUT2D eigenvalue weighted by molar-refractivity contribution is 5.94. The monoisotopic (exact) mass is 210 g/mol. The van der Waals surface area contributed by atoms with Gasteiger partial charge in [0.15, 0.2) is 5.82 Å². The lowest BCUT2D eigenvalue weighted by molar-refractivity contribution is 0.0735. The van der Waals surface area contributed by atoms with Crippen molar-refractivity contribution in [3.05, 3.63) is 29.8 Å². The van der Waals surface area contributed by atoms with Crippen molar-refractivity contribution in [1.29, 1.82) is 0 Å². The van der Waals surface area contributed by atoms with E-state index in [2.05, 4.69) is 4.98 Å². The summed E-state index contributed by atoms with van der Waals surface area (Å²) in [4.78, 5) is 17.0. The van der Waals surface area contributed by atoms with Gasteiger partial charge in [-0.25, -0.2) is 4.39 Å². The molecule has 0 saturated carbocycles. The Morgan fingerprint density at radius 2 is 2.33 bits per heavy atom. The van der Waals surface area contributed by atoms with Crippen molar-refractivity contribution >= 4 is 5.91 Å². The fourth-order valence-electron chi connectivity index (χ4n) is 1.21. The van der Waals surface area contributed by atoms with E-state index < -0.39 is 5.82 Å². The van der Waals surface area contributed by atoms with Crippen LogP contribution in [-0.2, 0) is 0 Å². The van der Waals surface area contributed by atoms with Crippen molar-refractivity contribution in [2.75, 3.05) is 7.05 Å². The van der Waals surface area contributed by atoms with E-state index >= 15 is 0 Å². The SMILES string of the molecule is CCC(C)N(C)C(=O)c1ccncc1F. The van der Waals surface area contributed by atoms with E-state index in [1.165, 1.54) is 12.3 Å². The van der Waals surface area contributed by atoms with Gasteiger partial charge in [0.2, 0.25) is 0 Å². The summed E-state index contributed by atoms with van der Waals surface area (Å²) in [6.07, 6.45) is 3.31. The Morgan fingerprint density at radius 1 is 1.67 bits per heavy atom. The molecule has 1 rings (SSSR count). The minimum atomic E-state index is -0.572. The molecule has 0 fully saturated rings. The van der Waals surface area contributed by atoms with Crippen LogP contribution < -0.4 is 0 Å². The maximum Gasteiger partial charge on any atom is 0.256 e. The van der Waals surface area contributed by atoms with Gasteiger partial charge in [-0.3, -0.25) is 9.78 Å². The van der Waals surface area contributed by atoms with Gasteiger partial charge in [-0.15, -0.1) is 0 Å². The average molecular weight is 210 g/mol. The molecule has 3 nitrogen and oxygen atoms in total. The average Bonchev–Trinajstić information content (AvgIpc) is 2.26. The highest BCUT2D eigenvalue weighted by Crippen LogP contribution is 2.10. The lowest BCUT2D eigenvalue weighted by Crippen LogP contribution is -2.35.